The van der Waals surface area contributed by atoms with Crippen LogP contribution in [0.3, 0.4) is 0 Å². The summed E-state index contributed by atoms with van der Waals surface area (Å²) < 4.78 is 4.17. The van der Waals surface area contributed by atoms with Crippen LogP contribution in [-0.4, -0.2) is 4.57 Å². The minimum absolute atomic E-state index is 0.936. The van der Waals surface area contributed by atoms with Gasteiger partial charge in [0.05, 0.1) is 4.70 Å². The summed E-state index contributed by atoms with van der Waals surface area (Å²) in [6, 6.07) is 2.13. The summed E-state index contributed by atoms with van der Waals surface area (Å²) in [7, 11) is 1.99. The molecule has 0 unspecified atom stereocenters. The van der Waals surface area contributed by atoms with Crippen molar-refractivity contribution in [2.75, 3.05) is 0 Å². The summed E-state index contributed by atoms with van der Waals surface area (Å²) in [5.41, 5.74) is 1.29. The molecular weight excluding hydrogens is 210 g/mol. The van der Waals surface area contributed by atoms with Gasteiger partial charge in [-0.15, -0.1) is 11.3 Å². The highest BCUT2D eigenvalue weighted by atomic mass is 32.1. The van der Waals surface area contributed by atoms with Crippen LogP contribution in [0.4, 0.5) is 0 Å². The van der Waals surface area contributed by atoms with Crippen molar-refractivity contribution in [1.29, 1.82) is 0 Å². The van der Waals surface area contributed by atoms with Crippen molar-refractivity contribution in [1.82, 2.24) is 4.57 Å². The van der Waals surface area contributed by atoms with E-state index in [1.54, 1.807) is 11.3 Å². The smallest absolute Gasteiger partial charge is 0.123 e. The zero-order valence-corrected chi connectivity index (χ0v) is 10.6. The van der Waals surface area contributed by atoms with Gasteiger partial charge in [0, 0.05) is 13.2 Å². The van der Waals surface area contributed by atoms with E-state index < -0.39 is 0 Å². The Hall–Kier alpha value is -0.670. The van der Waals surface area contributed by atoms with Crippen LogP contribution in [0.5, 0.6) is 0 Å². The minimum atomic E-state index is 0.936. The maximum Gasteiger partial charge on any atom is 0.123 e. The molecule has 0 saturated carbocycles. The van der Waals surface area contributed by atoms with Gasteiger partial charge in [-0.3, -0.25) is 0 Å². The molecule has 14 heavy (non-hydrogen) atoms. The van der Waals surface area contributed by atoms with Crippen molar-refractivity contribution < 1.29 is 0 Å². The lowest BCUT2D eigenvalue weighted by atomic mass is 10.2. The molecule has 76 valence electrons. The molecule has 0 fully saturated rings. The average Bonchev–Trinajstić information content (AvgIpc) is 2.67. The Morgan fingerprint density at radius 3 is 2.64 bits per heavy atom. The Kier molecular flexibility index (Phi) is 3.84. The third-order valence-corrected chi connectivity index (χ3v) is 3.53. The van der Waals surface area contributed by atoms with Gasteiger partial charge in [-0.1, -0.05) is 26.1 Å². The Labute approximate surface area is 94.0 Å². The van der Waals surface area contributed by atoms with Gasteiger partial charge in [0.1, 0.15) is 4.64 Å². The Morgan fingerprint density at radius 1 is 1.36 bits per heavy atom. The van der Waals surface area contributed by atoms with Gasteiger partial charge < -0.3 is 4.57 Å². The lowest BCUT2D eigenvalue weighted by Gasteiger charge is -2.02. The van der Waals surface area contributed by atoms with Crippen LogP contribution in [0.15, 0.2) is 17.6 Å². The number of aromatic nitrogens is 1. The molecule has 0 N–H and O–H groups in total. The Balaban J connectivity index is 0.000000461. The number of rotatable bonds is 0. The summed E-state index contributed by atoms with van der Waals surface area (Å²) in [5, 5.41) is 3.39. The second-order valence-corrected chi connectivity index (χ2v) is 4.19. The number of fused-ring (bicyclic) bond motifs is 1. The summed E-state index contributed by atoms with van der Waals surface area (Å²) >= 11 is 7.00. The molecule has 2 rings (SSSR count). The van der Waals surface area contributed by atoms with E-state index >= 15 is 0 Å². The van der Waals surface area contributed by atoms with Gasteiger partial charge >= 0.3 is 0 Å². The van der Waals surface area contributed by atoms with Gasteiger partial charge in [0.15, 0.2) is 0 Å². The molecule has 0 bridgehead atoms. The number of nitrogens with zero attached hydrogens (tertiary/aromatic N) is 1. The molecule has 2 heterocycles. The first kappa shape index (κ1) is 11.4. The minimum Gasteiger partial charge on any atom is -0.341 e. The van der Waals surface area contributed by atoms with Gasteiger partial charge in [0.2, 0.25) is 0 Å². The standard InChI is InChI=1S/C9H9NS2.C2H6/c1-6-5-10(2)9(11)8-7(6)3-4-12-8;1-2/h3-5H,1-2H3;1-2H3. The monoisotopic (exact) mass is 225 g/mol. The molecule has 2 aromatic heterocycles. The SMILES string of the molecule is CC.Cc1cn(C)c(=S)c2sccc12. The van der Waals surface area contributed by atoms with Crippen LogP contribution in [-0.2, 0) is 7.05 Å². The van der Waals surface area contributed by atoms with Crippen molar-refractivity contribution in [3.05, 3.63) is 27.8 Å². The second kappa shape index (κ2) is 4.71. The molecule has 0 aliphatic carbocycles. The van der Waals surface area contributed by atoms with Gasteiger partial charge in [-0.05, 0) is 29.3 Å². The fourth-order valence-corrected chi connectivity index (χ4v) is 2.61. The Morgan fingerprint density at radius 2 is 2.00 bits per heavy atom. The zero-order valence-electron chi connectivity index (χ0n) is 9.00. The molecule has 0 aliphatic rings. The van der Waals surface area contributed by atoms with Gasteiger partial charge in [-0.25, -0.2) is 0 Å². The lowest BCUT2D eigenvalue weighted by molar-refractivity contribution is 0.893. The molecule has 0 aromatic carbocycles. The highest BCUT2D eigenvalue weighted by Gasteiger charge is 2.01. The van der Waals surface area contributed by atoms with Crippen molar-refractivity contribution in [3.63, 3.8) is 0 Å². The van der Waals surface area contributed by atoms with Crippen molar-refractivity contribution >= 4 is 33.6 Å². The Bertz CT molecular complexity index is 479. The summed E-state index contributed by atoms with van der Waals surface area (Å²) in [6.07, 6.45) is 2.08. The third-order valence-electron chi connectivity index (χ3n) is 1.99. The maximum atomic E-state index is 5.28. The molecule has 1 nitrogen and oxygen atoms in total. The predicted octanol–water partition coefficient (Wildman–Crippen LogP) is 4.30. The van der Waals surface area contributed by atoms with E-state index in [0.29, 0.717) is 0 Å². The zero-order chi connectivity index (χ0) is 10.7. The number of hydrogen-bond donors (Lipinski definition) is 0. The van der Waals surface area contributed by atoms with Crippen LogP contribution >= 0.6 is 23.6 Å². The van der Waals surface area contributed by atoms with E-state index in [1.165, 1.54) is 15.6 Å². The van der Waals surface area contributed by atoms with Crippen molar-refractivity contribution in [2.45, 2.75) is 20.8 Å². The van der Waals surface area contributed by atoms with E-state index in [0.717, 1.165) is 4.64 Å². The number of hydrogen-bond acceptors (Lipinski definition) is 2. The molecule has 0 radical (unpaired) electrons. The van der Waals surface area contributed by atoms with Crippen LogP contribution in [0, 0.1) is 11.6 Å². The molecule has 0 aliphatic heterocycles. The van der Waals surface area contributed by atoms with E-state index in [2.05, 4.69) is 24.6 Å². The molecule has 2 aromatic rings. The van der Waals surface area contributed by atoms with Crippen LogP contribution < -0.4 is 0 Å². The average molecular weight is 225 g/mol. The maximum absolute atomic E-state index is 5.28. The van der Waals surface area contributed by atoms with E-state index in [4.69, 9.17) is 12.2 Å². The lowest BCUT2D eigenvalue weighted by Crippen LogP contribution is -1.92. The first-order chi connectivity index (χ1) is 6.70. The van der Waals surface area contributed by atoms with Gasteiger partial charge in [0.25, 0.3) is 0 Å². The van der Waals surface area contributed by atoms with Crippen LogP contribution in [0.25, 0.3) is 10.1 Å². The summed E-state index contributed by atoms with van der Waals surface area (Å²) in [4.78, 5) is 0. The number of aryl methyl sites for hydroxylation is 2. The van der Waals surface area contributed by atoms with E-state index in [1.807, 2.05) is 25.5 Å². The molecule has 0 saturated heterocycles. The number of pyridine rings is 1. The summed E-state index contributed by atoms with van der Waals surface area (Å²) in [5.74, 6) is 0. The second-order valence-electron chi connectivity index (χ2n) is 2.89. The molecule has 0 spiro atoms. The third kappa shape index (κ3) is 1.88. The van der Waals surface area contributed by atoms with Crippen LogP contribution in [0.2, 0.25) is 0 Å². The molecule has 0 atom stereocenters. The molecule has 3 heteroatoms. The molecular formula is C11H15NS2. The quantitative estimate of drug-likeness (QED) is 0.605. The fourth-order valence-electron chi connectivity index (χ4n) is 1.36. The van der Waals surface area contributed by atoms with Crippen LogP contribution in [0.1, 0.15) is 19.4 Å². The number of thiophene rings is 1. The summed E-state index contributed by atoms with van der Waals surface area (Å²) in [6.45, 7) is 6.11. The molecule has 0 amide bonds. The first-order valence-corrected chi connectivity index (χ1v) is 6.02. The van der Waals surface area contributed by atoms with E-state index in [9.17, 15) is 0 Å². The van der Waals surface area contributed by atoms with Crippen molar-refractivity contribution in [3.8, 4) is 0 Å². The highest BCUT2D eigenvalue weighted by Crippen LogP contribution is 2.24. The fraction of sp³-hybridized carbons (Fsp3) is 0.364. The van der Waals surface area contributed by atoms with Crippen molar-refractivity contribution in [2.24, 2.45) is 7.05 Å². The predicted molar refractivity (Wildman–Crippen MR) is 67.7 cm³/mol. The van der Waals surface area contributed by atoms with E-state index in [-0.39, 0.29) is 0 Å². The largest absolute Gasteiger partial charge is 0.341 e. The van der Waals surface area contributed by atoms with Gasteiger partial charge in [-0.2, -0.15) is 0 Å². The first-order valence-electron chi connectivity index (χ1n) is 4.73. The highest BCUT2D eigenvalue weighted by molar-refractivity contribution is 7.71. The normalized spacial score (nSPS) is 9.71. The topological polar surface area (TPSA) is 4.93 Å².